The summed E-state index contributed by atoms with van der Waals surface area (Å²) in [6.07, 6.45) is 2.50. The number of sulfonamides is 1. The first-order valence-corrected chi connectivity index (χ1v) is 12.6. The summed E-state index contributed by atoms with van der Waals surface area (Å²) in [5.74, 6) is 0.630. The van der Waals surface area contributed by atoms with E-state index in [2.05, 4.69) is 14.9 Å². The fourth-order valence-electron chi connectivity index (χ4n) is 3.85. The Morgan fingerprint density at radius 2 is 1.89 bits per heavy atom. The van der Waals surface area contributed by atoms with Crippen LogP contribution in [-0.4, -0.2) is 36.5 Å². The number of fused-ring (bicyclic) bond motifs is 1. The average Bonchev–Trinajstić information content (AvgIpc) is 3.18. The van der Waals surface area contributed by atoms with Crippen molar-refractivity contribution < 1.29 is 17.7 Å². The Kier molecular flexibility index (Phi) is 6.16. The van der Waals surface area contributed by atoms with E-state index in [-0.39, 0.29) is 12.0 Å². The molecule has 0 atom stereocenters. The van der Waals surface area contributed by atoms with Crippen LogP contribution in [0.2, 0.25) is 0 Å². The van der Waals surface area contributed by atoms with E-state index in [1.807, 2.05) is 39.0 Å². The molecule has 0 spiro atoms. The van der Waals surface area contributed by atoms with Crippen molar-refractivity contribution in [3.63, 3.8) is 0 Å². The number of ether oxygens (including phenoxy) is 1. The number of nitrogens with one attached hydrogen (secondary N) is 2. The fraction of sp³-hybridized carbons (Fsp3) is 0.292. The lowest BCUT2D eigenvalue weighted by Gasteiger charge is -2.25. The minimum absolute atomic E-state index is 0.0214. The summed E-state index contributed by atoms with van der Waals surface area (Å²) in [4.78, 5) is 26.4. The largest absolute Gasteiger partial charge is 0.496 e. The number of aromatic nitrogens is 3. The lowest BCUT2D eigenvalue weighted by molar-refractivity contribution is 0.399. The van der Waals surface area contributed by atoms with Gasteiger partial charge in [0.05, 0.1) is 25.6 Å². The van der Waals surface area contributed by atoms with Gasteiger partial charge in [-0.3, -0.25) is 14.3 Å². The van der Waals surface area contributed by atoms with E-state index in [4.69, 9.17) is 9.26 Å². The molecular weight excluding hydrogens is 472 g/mol. The molecule has 184 valence electrons. The van der Waals surface area contributed by atoms with Crippen molar-refractivity contribution in [3.8, 4) is 22.6 Å². The Morgan fingerprint density at radius 1 is 1.14 bits per heavy atom. The standard InChI is InChI=1S/C24H26N4O6S/c1-24(2,3)18-12-15(28-9-8-21(29)26-23(28)30)11-16(22(18)33-4)14-6-7-20-17(10-14)19(27-34-20)13-25-35(5,31)32/h6-12,25H,13H2,1-5H3,(H,26,29,30). The first-order chi connectivity index (χ1) is 16.4. The van der Waals surface area contributed by atoms with Crippen molar-refractivity contribution >= 4 is 21.0 Å². The smallest absolute Gasteiger partial charge is 0.332 e. The van der Waals surface area contributed by atoms with Gasteiger partial charge in [-0.05, 0) is 35.2 Å². The molecule has 0 radical (unpaired) electrons. The van der Waals surface area contributed by atoms with Crippen LogP contribution in [0.5, 0.6) is 5.75 Å². The third-order valence-electron chi connectivity index (χ3n) is 5.55. The van der Waals surface area contributed by atoms with Gasteiger partial charge in [-0.15, -0.1) is 0 Å². The van der Waals surface area contributed by atoms with Crippen LogP contribution in [0, 0.1) is 0 Å². The molecule has 0 saturated heterocycles. The minimum Gasteiger partial charge on any atom is -0.496 e. The molecule has 0 aliphatic rings. The van der Waals surface area contributed by atoms with Crippen LogP contribution in [0.25, 0.3) is 27.8 Å². The summed E-state index contributed by atoms with van der Waals surface area (Å²) in [5, 5.41) is 4.65. The van der Waals surface area contributed by atoms with E-state index in [9.17, 15) is 18.0 Å². The highest BCUT2D eigenvalue weighted by atomic mass is 32.2. The van der Waals surface area contributed by atoms with E-state index in [0.29, 0.717) is 33.7 Å². The zero-order valence-corrected chi connectivity index (χ0v) is 20.8. The second-order valence-corrected chi connectivity index (χ2v) is 11.1. The zero-order valence-electron chi connectivity index (χ0n) is 20.0. The van der Waals surface area contributed by atoms with Crippen molar-refractivity contribution in [2.75, 3.05) is 13.4 Å². The predicted octanol–water partition coefficient (Wildman–Crippen LogP) is 2.69. The fourth-order valence-corrected chi connectivity index (χ4v) is 4.25. The Balaban J connectivity index is 1.96. The van der Waals surface area contributed by atoms with Crippen LogP contribution >= 0.6 is 0 Å². The van der Waals surface area contributed by atoms with Crippen molar-refractivity contribution in [2.45, 2.75) is 32.7 Å². The van der Waals surface area contributed by atoms with Gasteiger partial charge in [0.1, 0.15) is 11.4 Å². The van der Waals surface area contributed by atoms with E-state index in [1.165, 1.54) is 16.8 Å². The van der Waals surface area contributed by atoms with Crippen LogP contribution in [0.1, 0.15) is 32.0 Å². The predicted molar refractivity (Wildman–Crippen MR) is 133 cm³/mol. The molecule has 4 aromatic rings. The van der Waals surface area contributed by atoms with Gasteiger partial charge >= 0.3 is 5.69 Å². The molecule has 0 fully saturated rings. The van der Waals surface area contributed by atoms with E-state index >= 15 is 0 Å². The summed E-state index contributed by atoms with van der Waals surface area (Å²) in [5.41, 5.74) is 2.43. The first kappa shape index (κ1) is 24.4. The molecule has 35 heavy (non-hydrogen) atoms. The highest BCUT2D eigenvalue weighted by molar-refractivity contribution is 7.88. The molecule has 0 bridgehead atoms. The van der Waals surface area contributed by atoms with Crippen LogP contribution in [0.4, 0.5) is 0 Å². The van der Waals surface area contributed by atoms with Crippen molar-refractivity contribution in [3.05, 3.63) is 74.7 Å². The van der Waals surface area contributed by atoms with Gasteiger partial charge in [-0.25, -0.2) is 17.9 Å². The Bertz CT molecular complexity index is 1640. The molecule has 0 unspecified atom stereocenters. The SMILES string of the molecule is COc1c(-c2ccc3onc(CNS(C)(=O)=O)c3c2)cc(-n2ccc(=O)[nH]c2=O)cc1C(C)(C)C. The summed E-state index contributed by atoms with van der Waals surface area (Å²) in [6, 6.07) is 10.4. The number of aromatic amines is 1. The average molecular weight is 499 g/mol. The van der Waals surface area contributed by atoms with E-state index in [1.54, 1.807) is 19.2 Å². The molecule has 0 aliphatic heterocycles. The second kappa shape index (κ2) is 8.82. The molecule has 2 aromatic carbocycles. The van der Waals surface area contributed by atoms with Gasteiger partial charge in [0, 0.05) is 28.8 Å². The van der Waals surface area contributed by atoms with Crippen LogP contribution < -0.4 is 20.7 Å². The molecule has 10 nitrogen and oxygen atoms in total. The number of nitrogens with zero attached hydrogens (tertiary/aromatic N) is 2. The Morgan fingerprint density at radius 3 is 2.51 bits per heavy atom. The van der Waals surface area contributed by atoms with Gasteiger partial charge in [-0.1, -0.05) is 32.0 Å². The Labute approximate surface area is 201 Å². The molecule has 4 rings (SSSR count). The number of hydrogen-bond donors (Lipinski definition) is 2. The molecule has 2 heterocycles. The maximum absolute atomic E-state index is 12.5. The number of benzene rings is 2. The molecule has 11 heteroatoms. The number of H-pyrrole nitrogens is 1. The van der Waals surface area contributed by atoms with Crippen LogP contribution in [0.15, 0.2) is 56.7 Å². The lowest BCUT2D eigenvalue weighted by Crippen LogP contribution is -2.27. The quantitative estimate of drug-likeness (QED) is 0.417. The highest BCUT2D eigenvalue weighted by Gasteiger charge is 2.24. The van der Waals surface area contributed by atoms with Gasteiger partial charge in [0.2, 0.25) is 10.0 Å². The first-order valence-electron chi connectivity index (χ1n) is 10.8. The van der Waals surface area contributed by atoms with E-state index in [0.717, 1.165) is 17.4 Å². The zero-order chi connectivity index (χ0) is 25.5. The maximum Gasteiger partial charge on any atom is 0.332 e. The molecule has 0 saturated carbocycles. The monoisotopic (exact) mass is 498 g/mol. The third kappa shape index (κ3) is 5.05. The topological polar surface area (TPSA) is 136 Å². The van der Waals surface area contributed by atoms with Gasteiger partial charge in [0.25, 0.3) is 5.56 Å². The maximum atomic E-state index is 12.5. The normalized spacial score (nSPS) is 12.3. The summed E-state index contributed by atoms with van der Waals surface area (Å²) in [6.45, 7) is 6.08. The Hall–Kier alpha value is -3.70. The molecule has 2 N–H and O–H groups in total. The molecule has 0 aliphatic carbocycles. The third-order valence-corrected chi connectivity index (χ3v) is 6.21. The molecular formula is C24H26N4O6S. The summed E-state index contributed by atoms with van der Waals surface area (Å²) < 4.78 is 38.1. The van der Waals surface area contributed by atoms with E-state index < -0.39 is 21.3 Å². The lowest BCUT2D eigenvalue weighted by atomic mass is 9.83. The molecule has 2 aromatic heterocycles. The number of methoxy groups -OCH3 is 1. The van der Waals surface area contributed by atoms with Crippen molar-refractivity contribution in [2.24, 2.45) is 0 Å². The highest BCUT2D eigenvalue weighted by Crippen LogP contribution is 2.41. The van der Waals surface area contributed by atoms with Gasteiger partial charge in [-0.2, -0.15) is 0 Å². The second-order valence-electron chi connectivity index (χ2n) is 9.24. The van der Waals surface area contributed by atoms with Gasteiger partial charge < -0.3 is 9.26 Å². The van der Waals surface area contributed by atoms with Crippen molar-refractivity contribution in [1.29, 1.82) is 0 Å². The minimum atomic E-state index is -3.42. The molecule has 0 amide bonds. The number of rotatable bonds is 6. The van der Waals surface area contributed by atoms with Gasteiger partial charge in [0.15, 0.2) is 5.58 Å². The number of hydrogen-bond acceptors (Lipinski definition) is 7. The van der Waals surface area contributed by atoms with Crippen LogP contribution in [0.3, 0.4) is 0 Å². The summed E-state index contributed by atoms with van der Waals surface area (Å²) >= 11 is 0. The summed E-state index contributed by atoms with van der Waals surface area (Å²) in [7, 11) is -1.83. The van der Waals surface area contributed by atoms with Crippen molar-refractivity contribution in [1.82, 2.24) is 19.4 Å². The van der Waals surface area contributed by atoms with Crippen LogP contribution in [-0.2, 0) is 22.0 Å².